The molecule has 1 unspecified atom stereocenters. The van der Waals surface area contributed by atoms with Crippen molar-refractivity contribution in [2.24, 2.45) is 0 Å². The van der Waals surface area contributed by atoms with Crippen LogP contribution in [0.25, 0.3) is 10.9 Å². The Morgan fingerprint density at radius 3 is 3.13 bits per heavy atom. The highest BCUT2D eigenvalue weighted by Gasteiger charge is 2.28. The minimum absolute atomic E-state index is 0.169. The van der Waals surface area contributed by atoms with Crippen molar-refractivity contribution in [2.75, 3.05) is 13.1 Å². The molecule has 1 saturated heterocycles. The first-order valence-corrected chi connectivity index (χ1v) is 8.11. The molecule has 6 heteroatoms. The topological polar surface area (TPSA) is 64.8 Å². The molecule has 1 fully saturated rings. The number of benzene rings is 1. The van der Waals surface area contributed by atoms with Crippen LogP contribution in [0.5, 0.6) is 0 Å². The molecule has 23 heavy (non-hydrogen) atoms. The lowest BCUT2D eigenvalue weighted by Crippen LogP contribution is -2.29. The molecule has 4 rings (SSSR count). The first kappa shape index (κ1) is 14.3. The van der Waals surface area contributed by atoms with Gasteiger partial charge < -0.3 is 9.88 Å². The number of carbonyl (C=O) groups is 1. The van der Waals surface area contributed by atoms with Crippen molar-refractivity contribution in [1.29, 1.82) is 0 Å². The zero-order valence-corrected chi connectivity index (χ0v) is 13.3. The number of rotatable bonds is 3. The predicted molar refractivity (Wildman–Crippen MR) is 89.5 cm³/mol. The van der Waals surface area contributed by atoms with Gasteiger partial charge in [-0.2, -0.15) is 5.10 Å². The largest absolute Gasteiger partial charge is 0.361 e. The molecule has 1 aromatic carbocycles. The van der Waals surface area contributed by atoms with Gasteiger partial charge in [-0.05, 0) is 30.2 Å². The van der Waals surface area contributed by atoms with E-state index in [1.165, 1.54) is 0 Å². The molecule has 0 aliphatic carbocycles. The van der Waals surface area contributed by atoms with E-state index in [0.29, 0.717) is 17.4 Å². The van der Waals surface area contributed by atoms with Gasteiger partial charge in [-0.1, -0.05) is 17.7 Å². The maximum atomic E-state index is 12.6. The molecule has 3 heterocycles. The normalized spacial score (nSPS) is 18.0. The van der Waals surface area contributed by atoms with E-state index in [-0.39, 0.29) is 5.91 Å². The fraction of sp³-hybridized carbons (Fsp3) is 0.294. The summed E-state index contributed by atoms with van der Waals surface area (Å²) in [5.41, 5.74) is 3.10. The number of nitrogens with one attached hydrogen (secondary N) is 2. The van der Waals surface area contributed by atoms with Gasteiger partial charge in [0, 0.05) is 53.0 Å². The number of carbonyl (C=O) groups excluding carboxylic acids is 1. The molecule has 2 aromatic heterocycles. The van der Waals surface area contributed by atoms with Crippen LogP contribution in [-0.4, -0.2) is 39.1 Å². The molecule has 2 N–H and O–H groups in total. The molecule has 1 aliphatic heterocycles. The van der Waals surface area contributed by atoms with E-state index in [1.54, 1.807) is 6.20 Å². The van der Waals surface area contributed by atoms with Crippen LogP contribution in [0, 0.1) is 0 Å². The first-order valence-electron chi connectivity index (χ1n) is 7.73. The third-order valence-electron chi connectivity index (χ3n) is 4.57. The Hall–Kier alpha value is -2.27. The Kier molecular flexibility index (Phi) is 3.58. The number of fused-ring (bicyclic) bond motifs is 1. The SMILES string of the molecule is O=C(Cc1c[nH]c2cc(Cl)ccc12)N1CCC(c2ccn[nH]2)C1. The van der Waals surface area contributed by atoms with Crippen LogP contribution in [0.4, 0.5) is 0 Å². The van der Waals surface area contributed by atoms with Crippen molar-refractivity contribution in [2.45, 2.75) is 18.8 Å². The second kappa shape index (κ2) is 5.74. The zero-order chi connectivity index (χ0) is 15.8. The highest BCUT2D eigenvalue weighted by atomic mass is 35.5. The van der Waals surface area contributed by atoms with Crippen LogP contribution < -0.4 is 0 Å². The second-order valence-electron chi connectivity index (χ2n) is 6.02. The van der Waals surface area contributed by atoms with Gasteiger partial charge in [0.15, 0.2) is 0 Å². The number of amides is 1. The molecule has 0 bridgehead atoms. The summed E-state index contributed by atoms with van der Waals surface area (Å²) in [5, 5.41) is 8.76. The van der Waals surface area contributed by atoms with E-state index >= 15 is 0 Å². The number of hydrogen-bond acceptors (Lipinski definition) is 2. The van der Waals surface area contributed by atoms with Crippen molar-refractivity contribution in [3.05, 3.63) is 52.9 Å². The van der Waals surface area contributed by atoms with Crippen LogP contribution in [0.2, 0.25) is 5.02 Å². The summed E-state index contributed by atoms with van der Waals surface area (Å²) in [4.78, 5) is 17.7. The van der Waals surface area contributed by atoms with Gasteiger partial charge in [0.25, 0.3) is 0 Å². The van der Waals surface area contributed by atoms with Crippen LogP contribution in [0.15, 0.2) is 36.7 Å². The van der Waals surface area contributed by atoms with E-state index in [9.17, 15) is 4.79 Å². The fourth-order valence-electron chi connectivity index (χ4n) is 3.31. The standard InChI is InChI=1S/C17H17ClN4O/c18-13-1-2-14-12(9-19-16(14)8-13)7-17(23)22-6-4-11(10-22)15-3-5-20-21-15/h1-3,5,8-9,11,19H,4,6-7,10H2,(H,20,21). The van der Waals surface area contributed by atoms with Gasteiger partial charge in [-0.3, -0.25) is 9.89 Å². The number of aromatic amines is 2. The summed E-state index contributed by atoms with van der Waals surface area (Å²) in [6.45, 7) is 1.56. The molecule has 1 atom stereocenters. The third kappa shape index (κ3) is 2.72. The molecule has 0 radical (unpaired) electrons. The van der Waals surface area contributed by atoms with Crippen LogP contribution in [0.3, 0.4) is 0 Å². The molecule has 5 nitrogen and oxygen atoms in total. The van der Waals surface area contributed by atoms with E-state index in [2.05, 4.69) is 15.2 Å². The lowest BCUT2D eigenvalue weighted by atomic mass is 10.1. The van der Waals surface area contributed by atoms with Gasteiger partial charge in [-0.15, -0.1) is 0 Å². The van der Waals surface area contributed by atoms with Crippen molar-refractivity contribution in [3.8, 4) is 0 Å². The number of aromatic nitrogens is 3. The van der Waals surface area contributed by atoms with Crippen molar-refractivity contribution in [1.82, 2.24) is 20.1 Å². The summed E-state index contributed by atoms with van der Waals surface area (Å²) in [7, 11) is 0. The van der Waals surface area contributed by atoms with Crippen LogP contribution in [-0.2, 0) is 11.2 Å². The number of hydrogen-bond donors (Lipinski definition) is 2. The number of H-pyrrole nitrogens is 2. The third-order valence-corrected chi connectivity index (χ3v) is 4.81. The molecule has 0 spiro atoms. The monoisotopic (exact) mass is 328 g/mol. The van der Waals surface area contributed by atoms with E-state index < -0.39 is 0 Å². The Morgan fingerprint density at radius 1 is 1.39 bits per heavy atom. The zero-order valence-electron chi connectivity index (χ0n) is 12.6. The van der Waals surface area contributed by atoms with Gasteiger partial charge in [0.1, 0.15) is 0 Å². The fourth-order valence-corrected chi connectivity index (χ4v) is 3.49. The summed E-state index contributed by atoms with van der Waals surface area (Å²) in [6.07, 6.45) is 5.06. The molecular weight excluding hydrogens is 312 g/mol. The van der Waals surface area contributed by atoms with Crippen LogP contribution in [0.1, 0.15) is 23.6 Å². The Morgan fingerprint density at radius 2 is 2.30 bits per heavy atom. The summed E-state index contributed by atoms with van der Waals surface area (Å²) < 4.78 is 0. The van der Waals surface area contributed by atoms with Gasteiger partial charge in [0.2, 0.25) is 5.91 Å². The highest BCUT2D eigenvalue weighted by molar-refractivity contribution is 6.31. The van der Waals surface area contributed by atoms with Gasteiger partial charge in [-0.25, -0.2) is 0 Å². The summed E-state index contributed by atoms with van der Waals surface area (Å²) in [6, 6.07) is 7.70. The summed E-state index contributed by atoms with van der Waals surface area (Å²) in [5.74, 6) is 0.533. The minimum atomic E-state index is 0.169. The molecule has 0 saturated carbocycles. The van der Waals surface area contributed by atoms with Gasteiger partial charge >= 0.3 is 0 Å². The molecule has 118 valence electrons. The lowest BCUT2D eigenvalue weighted by Gasteiger charge is -2.16. The van der Waals surface area contributed by atoms with Crippen molar-refractivity contribution < 1.29 is 4.79 Å². The smallest absolute Gasteiger partial charge is 0.227 e. The Balaban J connectivity index is 1.47. The maximum absolute atomic E-state index is 12.6. The van der Waals surface area contributed by atoms with Crippen LogP contribution >= 0.6 is 11.6 Å². The van der Waals surface area contributed by atoms with Crippen molar-refractivity contribution >= 4 is 28.4 Å². The van der Waals surface area contributed by atoms with E-state index in [0.717, 1.165) is 41.7 Å². The molecule has 3 aromatic rings. The van der Waals surface area contributed by atoms with E-state index in [1.807, 2.05) is 35.4 Å². The maximum Gasteiger partial charge on any atom is 0.227 e. The molecule has 1 amide bonds. The number of halogens is 1. The van der Waals surface area contributed by atoms with E-state index in [4.69, 9.17) is 11.6 Å². The number of nitrogens with zero attached hydrogens (tertiary/aromatic N) is 2. The lowest BCUT2D eigenvalue weighted by molar-refractivity contribution is -0.129. The quantitative estimate of drug-likeness (QED) is 0.776. The van der Waals surface area contributed by atoms with Gasteiger partial charge in [0.05, 0.1) is 6.42 Å². The Bertz CT molecular complexity index is 840. The predicted octanol–water partition coefficient (Wildman–Crippen LogP) is 3.10. The minimum Gasteiger partial charge on any atom is -0.361 e. The molecular formula is C17H17ClN4O. The average molecular weight is 329 g/mol. The Labute approximate surface area is 138 Å². The first-order chi connectivity index (χ1) is 11.2. The summed E-state index contributed by atoms with van der Waals surface area (Å²) >= 11 is 6.00. The number of likely N-dealkylation sites (tertiary alicyclic amines) is 1. The van der Waals surface area contributed by atoms with Crippen molar-refractivity contribution in [3.63, 3.8) is 0 Å². The highest BCUT2D eigenvalue weighted by Crippen LogP contribution is 2.27. The second-order valence-corrected chi connectivity index (χ2v) is 6.45. The molecule has 1 aliphatic rings. The average Bonchev–Trinajstić information content (AvgIpc) is 3.27.